The summed E-state index contributed by atoms with van der Waals surface area (Å²) in [7, 11) is 3.21. The summed E-state index contributed by atoms with van der Waals surface area (Å²) in [6.07, 6.45) is 2.75. The van der Waals surface area contributed by atoms with Crippen LogP contribution in [0.3, 0.4) is 0 Å². The summed E-state index contributed by atoms with van der Waals surface area (Å²) in [5, 5.41) is 3.11. The molecule has 2 rings (SSSR count). The van der Waals surface area contributed by atoms with Gasteiger partial charge in [-0.3, -0.25) is 4.79 Å². The number of carbonyl (C=O) groups excluding carboxylic acids is 1. The molecule has 2 aromatic carbocycles. The lowest BCUT2D eigenvalue weighted by Gasteiger charge is -2.20. The Kier molecular flexibility index (Phi) is 6.55. The Morgan fingerprint density at radius 2 is 1.83 bits per heavy atom. The van der Waals surface area contributed by atoms with Crippen molar-refractivity contribution >= 4 is 17.7 Å². The fourth-order valence-electron chi connectivity index (χ4n) is 2.56. The second-order valence-corrected chi connectivity index (χ2v) is 6.10. The molecule has 1 N–H and O–H groups in total. The molecule has 5 heteroatoms. The smallest absolute Gasteiger partial charge is 0.252 e. The minimum absolute atomic E-state index is 0.0680. The number of rotatable bonds is 7. The predicted octanol–water partition coefficient (Wildman–Crippen LogP) is 4.31. The van der Waals surface area contributed by atoms with E-state index in [0.29, 0.717) is 17.1 Å². The summed E-state index contributed by atoms with van der Waals surface area (Å²) in [5.74, 6) is 1.27. The second kappa shape index (κ2) is 8.64. The molecule has 0 unspecified atom stereocenters. The van der Waals surface area contributed by atoms with E-state index >= 15 is 0 Å². The van der Waals surface area contributed by atoms with Gasteiger partial charge in [0.25, 0.3) is 5.91 Å². The number of methoxy groups -OCH3 is 2. The first kappa shape index (κ1) is 18.2. The molecule has 128 valence electrons. The molecule has 0 spiro atoms. The van der Waals surface area contributed by atoms with Crippen LogP contribution in [0, 0.1) is 0 Å². The maximum atomic E-state index is 12.7. The summed E-state index contributed by atoms with van der Waals surface area (Å²) in [4.78, 5) is 13.6. The lowest BCUT2D eigenvalue weighted by atomic mass is 10.0. The van der Waals surface area contributed by atoms with Gasteiger partial charge in [-0.25, -0.2) is 0 Å². The van der Waals surface area contributed by atoms with Gasteiger partial charge in [-0.1, -0.05) is 25.1 Å². The Hall–Kier alpha value is -2.14. The Bertz CT molecular complexity index is 703. The normalized spacial score (nSPS) is 11.7. The number of hydrogen-bond donors (Lipinski definition) is 1. The van der Waals surface area contributed by atoms with Gasteiger partial charge >= 0.3 is 0 Å². The number of thioether (sulfide) groups is 1. The second-order valence-electron chi connectivity index (χ2n) is 5.25. The van der Waals surface area contributed by atoms with Crippen LogP contribution in [0.4, 0.5) is 0 Å². The van der Waals surface area contributed by atoms with Crippen molar-refractivity contribution in [2.75, 3.05) is 20.5 Å². The van der Waals surface area contributed by atoms with E-state index in [9.17, 15) is 4.79 Å². The molecular weight excluding hydrogens is 322 g/mol. The van der Waals surface area contributed by atoms with E-state index in [0.717, 1.165) is 16.9 Å². The quantitative estimate of drug-likeness (QED) is 0.760. The Balaban J connectivity index is 2.24. The van der Waals surface area contributed by atoms with Gasteiger partial charge in [-0.15, -0.1) is 11.8 Å². The van der Waals surface area contributed by atoms with Crippen LogP contribution in [0.25, 0.3) is 0 Å². The zero-order valence-electron chi connectivity index (χ0n) is 14.5. The van der Waals surface area contributed by atoms with E-state index in [-0.39, 0.29) is 11.9 Å². The van der Waals surface area contributed by atoms with E-state index in [4.69, 9.17) is 9.47 Å². The maximum absolute atomic E-state index is 12.7. The fraction of sp³-hybridized carbons (Fsp3) is 0.316. The summed E-state index contributed by atoms with van der Waals surface area (Å²) in [6, 6.07) is 13.3. The minimum Gasteiger partial charge on any atom is -0.493 e. The lowest BCUT2D eigenvalue weighted by Crippen LogP contribution is -2.28. The van der Waals surface area contributed by atoms with Gasteiger partial charge in [0.1, 0.15) is 0 Å². The van der Waals surface area contributed by atoms with Crippen LogP contribution in [0.2, 0.25) is 0 Å². The number of amides is 1. The highest BCUT2D eigenvalue weighted by Gasteiger charge is 2.18. The lowest BCUT2D eigenvalue weighted by molar-refractivity contribution is 0.0932. The Labute approximate surface area is 147 Å². The third-order valence-electron chi connectivity index (χ3n) is 3.88. The van der Waals surface area contributed by atoms with Gasteiger partial charge in [0.2, 0.25) is 0 Å². The standard InChI is InChI=1S/C19H23NO3S/c1-5-15(13-10-11-16(22-2)17(12-13)23-3)20-19(21)14-8-6-7-9-18(14)24-4/h6-12,15H,5H2,1-4H3,(H,20,21)/t15-/m0/s1. The first-order valence-electron chi connectivity index (χ1n) is 7.80. The number of nitrogens with one attached hydrogen (secondary N) is 1. The van der Waals surface area contributed by atoms with Gasteiger partial charge in [-0.05, 0) is 42.5 Å². The number of hydrogen-bond acceptors (Lipinski definition) is 4. The molecule has 0 aliphatic heterocycles. The topological polar surface area (TPSA) is 47.6 Å². The van der Waals surface area contributed by atoms with Crippen molar-refractivity contribution in [3.63, 3.8) is 0 Å². The molecule has 0 heterocycles. The molecule has 0 aromatic heterocycles. The molecular formula is C19H23NO3S. The molecule has 0 aliphatic rings. The predicted molar refractivity (Wildman–Crippen MR) is 98.3 cm³/mol. The van der Waals surface area contributed by atoms with E-state index < -0.39 is 0 Å². The highest BCUT2D eigenvalue weighted by atomic mass is 32.2. The fourth-order valence-corrected chi connectivity index (χ4v) is 3.15. The van der Waals surface area contributed by atoms with Crippen molar-refractivity contribution < 1.29 is 14.3 Å². The van der Waals surface area contributed by atoms with Gasteiger partial charge in [0.15, 0.2) is 11.5 Å². The van der Waals surface area contributed by atoms with E-state index in [1.807, 2.05) is 55.6 Å². The molecule has 0 aliphatic carbocycles. The summed E-state index contributed by atoms with van der Waals surface area (Å²) in [5.41, 5.74) is 1.69. The monoisotopic (exact) mass is 345 g/mol. The van der Waals surface area contributed by atoms with E-state index in [1.54, 1.807) is 26.0 Å². The third kappa shape index (κ3) is 4.03. The first-order chi connectivity index (χ1) is 11.6. The highest BCUT2D eigenvalue weighted by Crippen LogP contribution is 2.31. The van der Waals surface area contributed by atoms with Crippen LogP contribution >= 0.6 is 11.8 Å². The minimum atomic E-state index is -0.0905. The number of ether oxygens (including phenoxy) is 2. The molecule has 0 bridgehead atoms. The van der Waals surface area contributed by atoms with Crippen molar-refractivity contribution in [3.8, 4) is 11.5 Å². The van der Waals surface area contributed by atoms with Gasteiger partial charge < -0.3 is 14.8 Å². The molecule has 0 fully saturated rings. The molecule has 0 saturated heterocycles. The van der Waals surface area contributed by atoms with Crippen molar-refractivity contribution in [1.82, 2.24) is 5.32 Å². The molecule has 0 saturated carbocycles. The average Bonchev–Trinajstić information content (AvgIpc) is 2.65. The molecule has 2 aromatic rings. The highest BCUT2D eigenvalue weighted by molar-refractivity contribution is 7.98. The van der Waals surface area contributed by atoms with Gasteiger partial charge in [0, 0.05) is 4.90 Å². The molecule has 1 amide bonds. The van der Waals surface area contributed by atoms with Crippen molar-refractivity contribution in [3.05, 3.63) is 53.6 Å². The molecule has 0 radical (unpaired) electrons. The van der Waals surface area contributed by atoms with Crippen molar-refractivity contribution in [1.29, 1.82) is 0 Å². The van der Waals surface area contributed by atoms with Crippen LogP contribution in [0.5, 0.6) is 11.5 Å². The molecule has 4 nitrogen and oxygen atoms in total. The zero-order chi connectivity index (χ0) is 17.5. The summed E-state index contributed by atoms with van der Waals surface area (Å²) in [6.45, 7) is 2.04. The van der Waals surface area contributed by atoms with Crippen LogP contribution in [-0.2, 0) is 0 Å². The van der Waals surface area contributed by atoms with Crippen molar-refractivity contribution in [2.24, 2.45) is 0 Å². The number of carbonyl (C=O) groups is 1. The zero-order valence-corrected chi connectivity index (χ0v) is 15.3. The van der Waals surface area contributed by atoms with Crippen LogP contribution < -0.4 is 14.8 Å². The Morgan fingerprint density at radius 3 is 2.46 bits per heavy atom. The number of benzene rings is 2. The van der Waals surface area contributed by atoms with Crippen LogP contribution in [-0.4, -0.2) is 26.4 Å². The summed E-state index contributed by atoms with van der Waals surface area (Å²) < 4.78 is 10.6. The Morgan fingerprint density at radius 1 is 1.12 bits per heavy atom. The average molecular weight is 345 g/mol. The third-order valence-corrected chi connectivity index (χ3v) is 4.67. The van der Waals surface area contributed by atoms with E-state index in [2.05, 4.69) is 5.32 Å². The SMILES string of the molecule is CC[C@H](NC(=O)c1ccccc1SC)c1ccc(OC)c(OC)c1. The van der Waals surface area contributed by atoms with Crippen LogP contribution in [0.15, 0.2) is 47.4 Å². The van der Waals surface area contributed by atoms with Gasteiger partial charge in [-0.2, -0.15) is 0 Å². The largest absolute Gasteiger partial charge is 0.493 e. The van der Waals surface area contributed by atoms with Gasteiger partial charge in [0.05, 0.1) is 25.8 Å². The first-order valence-corrected chi connectivity index (χ1v) is 9.02. The molecule has 24 heavy (non-hydrogen) atoms. The maximum Gasteiger partial charge on any atom is 0.252 e. The van der Waals surface area contributed by atoms with Crippen LogP contribution in [0.1, 0.15) is 35.3 Å². The van der Waals surface area contributed by atoms with Crippen molar-refractivity contribution in [2.45, 2.75) is 24.3 Å². The van der Waals surface area contributed by atoms with E-state index in [1.165, 1.54) is 0 Å². The molecule has 1 atom stereocenters. The summed E-state index contributed by atoms with van der Waals surface area (Å²) >= 11 is 1.57.